The molecule has 120 valence electrons. The van der Waals surface area contributed by atoms with E-state index in [1.807, 2.05) is 28.1 Å². The lowest BCUT2D eigenvalue weighted by atomic mass is 9.79. The molecule has 0 bridgehead atoms. The predicted octanol–water partition coefficient (Wildman–Crippen LogP) is 2.24. The number of allylic oxidation sites excluding steroid dienone is 2. The molecule has 21 heavy (non-hydrogen) atoms. The minimum atomic E-state index is -0.134. The minimum Gasteiger partial charge on any atom is -0.327 e. The van der Waals surface area contributed by atoms with Crippen LogP contribution in [0.4, 0.5) is 0 Å². The van der Waals surface area contributed by atoms with Crippen LogP contribution in [0.1, 0.15) is 13.8 Å². The summed E-state index contributed by atoms with van der Waals surface area (Å²) in [7, 11) is 12.1. The molecule has 1 aliphatic rings. The van der Waals surface area contributed by atoms with Crippen LogP contribution in [0.3, 0.4) is 0 Å². The molecule has 0 heterocycles. The third-order valence-electron chi connectivity index (χ3n) is 3.60. The molecule has 0 aromatic rings. The second kappa shape index (κ2) is 6.32. The maximum absolute atomic E-state index is 12.3. The number of hydroxylamine groups is 3. The normalized spacial score (nSPS) is 24.5. The Labute approximate surface area is 129 Å². The minimum absolute atomic E-state index is 0.129. The van der Waals surface area contributed by atoms with Gasteiger partial charge >= 0.3 is 5.97 Å². The summed E-state index contributed by atoms with van der Waals surface area (Å²) in [4.78, 5) is 17.8. The van der Waals surface area contributed by atoms with Crippen LogP contribution in [-0.2, 0) is 9.63 Å². The van der Waals surface area contributed by atoms with Crippen LogP contribution in [0.5, 0.6) is 0 Å². The van der Waals surface area contributed by atoms with Crippen molar-refractivity contribution in [3.05, 3.63) is 23.8 Å². The smallest absolute Gasteiger partial charge is 0.327 e. The standard InChI is InChI=1S/C17H32N2O2/c1-13-9-10-15(12-18(3,4)5)11-16(13)14(2)17(20)21-19(6,7)8/h9-11,13-14,16H,12H2,1-8H3/q+2. The Morgan fingerprint density at radius 1 is 1.24 bits per heavy atom. The van der Waals surface area contributed by atoms with Crippen molar-refractivity contribution in [2.75, 3.05) is 48.8 Å². The van der Waals surface area contributed by atoms with Crippen LogP contribution in [0, 0.1) is 17.8 Å². The van der Waals surface area contributed by atoms with E-state index in [2.05, 4.69) is 46.3 Å². The third-order valence-corrected chi connectivity index (χ3v) is 3.60. The number of rotatable bonds is 5. The van der Waals surface area contributed by atoms with Crippen LogP contribution >= 0.6 is 0 Å². The van der Waals surface area contributed by atoms with Crippen molar-refractivity contribution < 1.29 is 18.8 Å². The van der Waals surface area contributed by atoms with Crippen molar-refractivity contribution in [2.45, 2.75) is 13.8 Å². The van der Waals surface area contributed by atoms with Crippen molar-refractivity contribution in [3.63, 3.8) is 0 Å². The monoisotopic (exact) mass is 296 g/mol. The fraction of sp³-hybridized carbons (Fsp3) is 0.706. The fourth-order valence-corrected chi connectivity index (χ4v) is 2.62. The Morgan fingerprint density at radius 3 is 2.29 bits per heavy atom. The van der Waals surface area contributed by atoms with E-state index in [4.69, 9.17) is 4.84 Å². The van der Waals surface area contributed by atoms with Crippen LogP contribution in [0.15, 0.2) is 23.8 Å². The Bertz CT molecular complexity index is 439. The zero-order valence-corrected chi connectivity index (χ0v) is 14.9. The van der Waals surface area contributed by atoms with Gasteiger partial charge in [0.05, 0.1) is 27.1 Å². The molecule has 0 aliphatic heterocycles. The lowest BCUT2D eigenvalue weighted by Gasteiger charge is -2.31. The molecular weight excluding hydrogens is 264 g/mol. The van der Waals surface area contributed by atoms with Crippen LogP contribution in [0.2, 0.25) is 0 Å². The molecule has 0 N–H and O–H groups in total. The summed E-state index contributed by atoms with van der Waals surface area (Å²) in [6, 6.07) is 0. The highest BCUT2D eigenvalue weighted by atomic mass is 16.7. The second-order valence-electron chi connectivity index (χ2n) is 8.07. The summed E-state index contributed by atoms with van der Waals surface area (Å²) in [6.07, 6.45) is 6.67. The first kappa shape index (κ1) is 17.9. The van der Waals surface area contributed by atoms with Gasteiger partial charge in [-0.1, -0.05) is 32.1 Å². The van der Waals surface area contributed by atoms with Crippen molar-refractivity contribution in [1.29, 1.82) is 0 Å². The molecule has 1 aliphatic carbocycles. The van der Waals surface area contributed by atoms with Gasteiger partial charge in [-0.15, -0.1) is 4.65 Å². The van der Waals surface area contributed by atoms with Gasteiger partial charge in [0.15, 0.2) is 0 Å². The molecule has 0 saturated heterocycles. The van der Waals surface area contributed by atoms with E-state index in [1.54, 1.807) is 0 Å². The maximum Gasteiger partial charge on any atom is 0.369 e. The summed E-state index contributed by atoms with van der Waals surface area (Å²) in [6.45, 7) is 5.10. The van der Waals surface area contributed by atoms with Gasteiger partial charge in [0.25, 0.3) is 0 Å². The van der Waals surface area contributed by atoms with Crippen LogP contribution < -0.4 is 0 Å². The van der Waals surface area contributed by atoms with Gasteiger partial charge in [0.2, 0.25) is 0 Å². The van der Waals surface area contributed by atoms with Crippen LogP contribution in [0.25, 0.3) is 0 Å². The average Bonchev–Trinajstić information content (AvgIpc) is 2.26. The first-order chi connectivity index (χ1) is 9.39. The maximum atomic E-state index is 12.3. The number of nitrogens with zero attached hydrogens (tertiary/aromatic N) is 2. The predicted molar refractivity (Wildman–Crippen MR) is 86.1 cm³/mol. The van der Waals surface area contributed by atoms with Crippen molar-refractivity contribution >= 4 is 5.97 Å². The lowest BCUT2D eigenvalue weighted by Crippen LogP contribution is -2.41. The number of quaternary nitrogens is 2. The van der Waals surface area contributed by atoms with Gasteiger partial charge in [-0.3, -0.25) is 4.84 Å². The van der Waals surface area contributed by atoms with E-state index in [0.717, 1.165) is 11.0 Å². The van der Waals surface area contributed by atoms with E-state index in [-0.39, 0.29) is 22.5 Å². The van der Waals surface area contributed by atoms with Crippen molar-refractivity contribution in [1.82, 2.24) is 0 Å². The van der Waals surface area contributed by atoms with E-state index < -0.39 is 0 Å². The SMILES string of the molecule is CC1C=CC(C[N+](C)(C)C)=CC1C(C)C(=O)O[N+](C)(C)C. The average molecular weight is 296 g/mol. The summed E-state index contributed by atoms with van der Waals surface area (Å²) in [5, 5.41) is 0. The summed E-state index contributed by atoms with van der Waals surface area (Å²) in [5.74, 6) is 0.298. The van der Waals surface area contributed by atoms with E-state index in [9.17, 15) is 4.79 Å². The Balaban J connectivity index is 2.84. The number of carbonyl (C=O) groups excluding carboxylic acids is 1. The Morgan fingerprint density at radius 2 is 1.81 bits per heavy atom. The summed E-state index contributed by atoms with van der Waals surface area (Å²) in [5.41, 5.74) is 1.30. The molecule has 0 fully saturated rings. The molecule has 1 rings (SSSR count). The van der Waals surface area contributed by atoms with E-state index in [0.29, 0.717) is 5.92 Å². The summed E-state index contributed by atoms with van der Waals surface area (Å²) >= 11 is 0. The Kier molecular flexibility index (Phi) is 5.40. The second-order valence-corrected chi connectivity index (χ2v) is 8.07. The molecule has 0 aromatic heterocycles. The molecule has 0 saturated carbocycles. The molecule has 0 radical (unpaired) electrons. The number of carbonyl (C=O) groups is 1. The Hall–Kier alpha value is -1.13. The van der Waals surface area contributed by atoms with Gasteiger partial charge in [-0.2, -0.15) is 0 Å². The lowest BCUT2D eigenvalue weighted by molar-refractivity contribution is -1.04. The van der Waals surface area contributed by atoms with Crippen LogP contribution in [-0.4, -0.2) is 63.9 Å². The number of likely N-dealkylation sites (N-methyl/N-ethyl adjacent to an activating group) is 1. The third kappa shape index (κ3) is 6.02. The largest absolute Gasteiger partial charge is 0.369 e. The van der Waals surface area contributed by atoms with Gasteiger partial charge in [-0.05, 0) is 11.8 Å². The molecule has 0 spiro atoms. The molecule has 0 aromatic carbocycles. The molecule has 3 atom stereocenters. The zero-order chi connectivity index (χ0) is 16.4. The highest BCUT2D eigenvalue weighted by Crippen LogP contribution is 2.30. The summed E-state index contributed by atoms with van der Waals surface area (Å²) < 4.78 is 1.09. The first-order valence-electron chi connectivity index (χ1n) is 7.63. The first-order valence-corrected chi connectivity index (χ1v) is 7.63. The van der Waals surface area contributed by atoms with Gasteiger partial charge in [0, 0.05) is 5.57 Å². The highest BCUT2D eigenvalue weighted by molar-refractivity contribution is 5.72. The van der Waals surface area contributed by atoms with Gasteiger partial charge in [-0.25, -0.2) is 4.79 Å². The molecule has 0 amide bonds. The van der Waals surface area contributed by atoms with Crippen molar-refractivity contribution in [2.24, 2.45) is 17.8 Å². The zero-order valence-electron chi connectivity index (χ0n) is 14.9. The molecular formula is C17H32N2O2+2. The van der Waals surface area contributed by atoms with Crippen molar-refractivity contribution in [3.8, 4) is 0 Å². The number of hydrogen-bond donors (Lipinski definition) is 0. The topological polar surface area (TPSA) is 26.3 Å². The van der Waals surface area contributed by atoms with E-state index in [1.165, 1.54) is 5.57 Å². The molecule has 4 heteroatoms. The fourth-order valence-electron chi connectivity index (χ4n) is 2.62. The van der Waals surface area contributed by atoms with E-state index >= 15 is 0 Å². The highest BCUT2D eigenvalue weighted by Gasteiger charge is 2.33. The van der Waals surface area contributed by atoms with Gasteiger partial charge < -0.3 is 4.48 Å². The molecule has 4 nitrogen and oxygen atoms in total. The van der Waals surface area contributed by atoms with Gasteiger partial charge in [0.1, 0.15) is 27.7 Å². The quantitative estimate of drug-likeness (QED) is 0.574. The molecule has 3 unspecified atom stereocenters. The number of hydrogen-bond acceptors (Lipinski definition) is 2.